The summed E-state index contributed by atoms with van der Waals surface area (Å²) in [5.41, 5.74) is 5.68. The van der Waals surface area contributed by atoms with Gasteiger partial charge in [0.25, 0.3) is 0 Å². The number of carbonyl (C=O) groups excluding carboxylic acids is 2. The molecule has 4 heteroatoms. The highest BCUT2D eigenvalue weighted by Gasteiger charge is 2.50. The second-order valence-electron chi connectivity index (χ2n) is 8.51. The number of rotatable bonds is 2. The molecule has 4 fully saturated rings. The fourth-order valence-electron chi connectivity index (χ4n) is 6.23. The molecule has 0 aromatic carbocycles. The molecule has 3 aliphatic carbocycles. The molecule has 1 aliphatic heterocycles. The molecule has 6 atom stereocenters. The first-order chi connectivity index (χ1) is 11.1. The summed E-state index contributed by atoms with van der Waals surface area (Å²) in [5.74, 6) is 2.57. The van der Waals surface area contributed by atoms with Crippen LogP contribution in [0.5, 0.6) is 0 Å². The van der Waals surface area contributed by atoms with Gasteiger partial charge in [-0.25, -0.2) is 0 Å². The highest BCUT2D eigenvalue weighted by molar-refractivity contribution is 5.88. The predicted molar refractivity (Wildman–Crippen MR) is 88.3 cm³/mol. The zero-order chi connectivity index (χ0) is 16.0. The molecule has 1 heterocycles. The molecule has 4 rings (SSSR count). The first-order valence-electron chi connectivity index (χ1n) is 9.75. The Balaban J connectivity index is 1.47. The number of hydrogen-bond acceptors (Lipinski definition) is 2. The van der Waals surface area contributed by atoms with E-state index in [4.69, 9.17) is 5.73 Å². The number of likely N-dealkylation sites (tertiary alicyclic amines) is 1. The molecule has 4 aliphatic rings. The minimum absolute atomic E-state index is 0.148. The lowest BCUT2D eigenvalue weighted by molar-refractivity contribution is -0.143. The summed E-state index contributed by atoms with van der Waals surface area (Å²) in [6.45, 7) is 0.779. The second-order valence-corrected chi connectivity index (χ2v) is 8.51. The molecule has 0 aromatic rings. The number of nitrogens with zero attached hydrogens (tertiary/aromatic N) is 1. The Morgan fingerprint density at radius 2 is 1.57 bits per heavy atom. The lowest BCUT2D eigenvalue weighted by atomic mass is 9.67. The first-order valence-corrected chi connectivity index (χ1v) is 9.75. The Hall–Kier alpha value is -1.06. The zero-order valence-corrected chi connectivity index (χ0v) is 14.1. The van der Waals surface area contributed by atoms with Crippen molar-refractivity contribution in [1.29, 1.82) is 0 Å². The van der Waals surface area contributed by atoms with E-state index in [1.54, 1.807) is 0 Å². The summed E-state index contributed by atoms with van der Waals surface area (Å²) in [5, 5.41) is 0. The SMILES string of the molecule is NC(=O)C1C2CCCC2CN1C(=O)C1CCC2CCCCC2C1. The average Bonchev–Trinajstić information content (AvgIpc) is 3.13. The van der Waals surface area contributed by atoms with Crippen LogP contribution in [0.25, 0.3) is 0 Å². The minimum atomic E-state index is -0.320. The Morgan fingerprint density at radius 1 is 0.826 bits per heavy atom. The standard InChI is InChI=1S/C19H30N2O2/c20-18(22)17-16-7-3-6-15(16)11-21(17)19(23)14-9-8-12-4-1-2-5-13(12)10-14/h12-17H,1-11H2,(H2,20,22). The maximum absolute atomic E-state index is 13.1. The smallest absolute Gasteiger partial charge is 0.240 e. The van der Waals surface area contributed by atoms with Gasteiger partial charge in [0.2, 0.25) is 11.8 Å². The van der Waals surface area contributed by atoms with Gasteiger partial charge in [0.1, 0.15) is 6.04 Å². The maximum Gasteiger partial charge on any atom is 0.240 e. The Bertz CT molecular complexity index is 492. The molecule has 128 valence electrons. The van der Waals surface area contributed by atoms with E-state index < -0.39 is 0 Å². The molecule has 2 amide bonds. The summed E-state index contributed by atoms with van der Waals surface area (Å²) >= 11 is 0. The van der Waals surface area contributed by atoms with Gasteiger partial charge in [-0.1, -0.05) is 32.1 Å². The lowest BCUT2D eigenvalue weighted by Gasteiger charge is -2.40. The van der Waals surface area contributed by atoms with E-state index in [0.717, 1.165) is 44.1 Å². The summed E-state index contributed by atoms with van der Waals surface area (Å²) in [6, 6.07) is -0.320. The van der Waals surface area contributed by atoms with Gasteiger partial charge >= 0.3 is 0 Å². The number of primary amides is 1. The van der Waals surface area contributed by atoms with Gasteiger partial charge in [0, 0.05) is 12.5 Å². The molecule has 6 unspecified atom stereocenters. The van der Waals surface area contributed by atoms with Crippen molar-refractivity contribution in [3.63, 3.8) is 0 Å². The van der Waals surface area contributed by atoms with Crippen LogP contribution in [0.3, 0.4) is 0 Å². The highest BCUT2D eigenvalue weighted by Crippen LogP contribution is 2.46. The van der Waals surface area contributed by atoms with Crippen molar-refractivity contribution in [3.8, 4) is 0 Å². The molecule has 0 radical (unpaired) electrons. The predicted octanol–water partition coefficient (Wildman–Crippen LogP) is 2.71. The minimum Gasteiger partial charge on any atom is -0.368 e. The van der Waals surface area contributed by atoms with Crippen LogP contribution in [0.4, 0.5) is 0 Å². The van der Waals surface area contributed by atoms with Crippen LogP contribution in [0.15, 0.2) is 0 Å². The van der Waals surface area contributed by atoms with Gasteiger partial charge in [0.05, 0.1) is 0 Å². The quantitative estimate of drug-likeness (QED) is 0.851. The van der Waals surface area contributed by atoms with Crippen molar-refractivity contribution >= 4 is 11.8 Å². The van der Waals surface area contributed by atoms with E-state index >= 15 is 0 Å². The highest BCUT2D eigenvalue weighted by atomic mass is 16.2. The van der Waals surface area contributed by atoms with Gasteiger partial charge in [-0.05, 0) is 55.8 Å². The summed E-state index contributed by atoms with van der Waals surface area (Å²) in [4.78, 5) is 27.0. The monoisotopic (exact) mass is 318 g/mol. The van der Waals surface area contributed by atoms with E-state index in [2.05, 4.69) is 0 Å². The third-order valence-electron chi connectivity index (χ3n) is 7.35. The van der Waals surface area contributed by atoms with Crippen molar-refractivity contribution in [2.24, 2.45) is 35.3 Å². The third kappa shape index (κ3) is 2.68. The second kappa shape index (κ2) is 6.10. The number of carbonyl (C=O) groups is 2. The van der Waals surface area contributed by atoms with Gasteiger partial charge in [-0.2, -0.15) is 0 Å². The summed E-state index contributed by atoms with van der Waals surface area (Å²) in [7, 11) is 0. The van der Waals surface area contributed by atoms with Crippen LogP contribution >= 0.6 is 0 Å². The van der Waals surface area contributed by atoms with E-state index in [0.29, 0.717) is 11.8 Å². The van der Waals surface area contributed by atoms with Gasteiger partial charge in [-0.15, -0.1) is 0 Å². The lowest BCUT2D eigenvalue weighted by Crippen LogP contribution is -2.49. The van der Waals surface area contributed by atoms with Gasteiger partial charge < -0.3 is 10.6 Å². The van der Waals surface area contributed by atoms with Crippen molar-refractivity contribution < 1.29 is 9.59 Å². The third-order valence-corrected chi connectivity index (χ3v) is 7.35. The van der Waals surface area contributed by atoms with Crippen LogP contribution in [0.1, 0.15) is 64.2 Å². The fraction of sp³-hybridized carbons (Fsp3) is 0.895. The first kappa shape index (κ1) is 15.5. The fourth-order valence-corrected chi connectivity index (χ4v) is 6.23. The molecule has 0 bridgehead atoms. The van der Waals surface area contributed by atoms with Crippen LogP contribution in [0, 0.1) is 29.6 Å². The topological polar surface area (TPSA) is 63.4 Å². The molecule has 1 saturated heterocycles. The molecule has 2 N–H and O–H groups in total. The normalized spacial score (nSPS) is 43.0. The zero-order valence-electron chi connectivity index (χ0n) is 14.1. The Morgan fingerprint density at radius 3 is 2.35 bits per heavy atom. The van der Waals surface area contributed by atoms with E-state index in [1.165, 1.54) is 38.5 Å². The molecule has 0 spiro atoms. The molecule has 0 aromatic heterocycles. The molecule has 23 heavy (non-hydrogen) atoms. The molecule has 3 saturated carbocycles. The van der Waals surface area contributed by atoms with Crippen LogP contribution in [-0.2, 0) is 9.59 Å². The van der Waals surface area contributed by atoms with Crippen LogP contribution < -0.4 is 5.73 Å². The number of fused-ring (bicyclic) bond motifs is 2. The van der Waals surface area contributed by atoms with Crippen molar-refractivity contribution in [3.05, 3.63) is 0 Å². The van der Waals surface area contributed by atoms with Gasteiger partial charge in [0.15, 0.2) is 0 Å². The molecular formula is C19H30N2O2. The largest absolute Gasteiger partial charge is 0.368 e. The maximum atomic E-state index is 13.1. The van der Waals surface area contributed by atoms with Crippen molar-refractivity contribution in [2.45, 2.75) is 70.3 Å². The van der Waals surface area contributed by atoms with Crippen molar-refractivity contribution in [1.82, 2.24) is 4.90 Å². The van der Waals surface area contributed by atoms with E-state index in [-0.39, 0.29) is 23.8 Å². The Kier molecular flexibility index (Phi) is 4.10. The summed E-state index contributed by atoms with van der Waals surface area (Å²) in [6.07, 6.45) is 12.1. The number of hydrogen-bond donors (Lipinski definition) is 1. The molecule has 4 nitrogen and oxygen atoms in total. The van der Waals surface area contributed by atoms with Crippen LogP contribution in [-0.4, -0.2) is 29.3 Å². The van der Waals surface area contributed by atoms with Gasteiger partial charge in [-0.3, -0.25) is 9.59 Å². The molecular weight excluding hydrogens is 288 g/mol. The van der Waals surface area contributed by atoms with Crippen molar-refractivity contribution in [2.75, 3.05) is 6.54 Å². The number of nitrogens with two attached hydrogens (primary N) is 1. The number of amides is 2. The van der Waals surface area contributed by atoms with Crippen LogP contribution in [0.2, 0.25) is 0 Å². The summed E-state index contributed by atoms with van der Waals surface area (Å²) < 4.78 is 0. The average molecular weight is 318 g/mol. The van der Waals surface area contributed by atoms with E-state index in [9.17, 15) is 9.59 Å². The van der Waals surface area contributed by atoms with E-state index in [1.807, 2.05) is 4.90 Å². The Labute approximate surface area is 139 Å².